The van der Waals surface area contributed by atoms with Gasteiger partial charge in [0, 0.05) is 6.07 Å². The number of ether oxygens (including phenoxy) is 1. The lowest BCUT2D eigenvalue weighted by Crippen LogP contribution is -1.96. The lowest BCUT2D eigenvalue weighted by atomic mass is 10.1. The second-order valence-corrected chi connectivity index (χ2v) is 6.61. The molecule has 0 aliphatic heterocycles. The zero-order valence-electron chi connectivity index (χ0n) is 16.3. The number of rotatable bonds is 6. The number of nitrogens with zero attached hydrogens (tertiary/aromatic N) is 4. The Morgan fingerprint density at radius 1 is 1.03 bits per heavy atom. The van der Waals surface area contributed by atoms with Crippen molar-refractivity contribution in [3.05, 3.63) is 98.3 Å². The van der Waals surface area contributed by atoms with E-state index in [2.05, 4.69) is 16.0 Å². The number of imidazole rings is 1. The largest absolute Gasteiger partial charge is 0.450 e. The van der Waals surface area contributed by atoms with Crippen LogP contribution in [0.4, 0.5) is 11.4 Å². The van der Waals surface area contributed by atoms with E-state index in [-0.39, 0.29) is 11.5 Å². The first kappa shape index (κ1) is 20.2. The molecule has 0 atom stereocenters. The van der Waals surface area contributed by atoms with Gasteiger partial charge in [-0.15, -0.1) is 0 Å². The summed E-state index contributed by atoms with van der Waals surface area (Å²) in [6, 6.07) is 19.2. The Kier molecular flexibility index (Phi) is 5.29. The summed E-state index contributed by atoms with van der Waals surface area (Å²) >= 11 is 0. The molecule has 0 aliphatic carbocycles. The Bertz CT molecular complexity index is 1400. The number of hydrogen-bond donors (Lipinski definition) is 1. The number of aromatic nitrogens is 2. The number of para-hydroxylation sites is 2. The molecule has 0 saturated carbocycles. The Hall–Kier alpha value is -5.04. The van der Waals surface area contributed by atoms with E-state index in [1.165, 1.54) is 6.07 Å². The minimum absolute atomic E-state index is 0.139. The fraction of sp³-hybridized carbons (Fsp3) is 0. The highest BCUT2D eigenvalue weighted by Gasteiger charge is 2.21. The molecule has 0 bridgehead atoms. The van der Waals surface area contributed by atoms with Gasteiger partial charge in [-0.25, -0.2) is 4.98 Å². The number of nitro benzene ring substituents is 2. The molecule has 10 heteroatoms. The van der Waals surface area contributed by atoms with Crippen molar-refractivity contribution >= 4 is 34.1 Å². The number of nitriles is 1. The Morgan fingerprint density at radius 2 is 1.84 bits per heavy atom. The summed E-state index contributed by atoms with van der Waals surface area (Å²) in [5, 5.41) is 31.8. The number of nitrogens with one attached hydrogen (secondary N) is 1. The monoisotopic (exact) mass is 427 g/mol. The van der Waals surface area contributed by atoms with Crippen LogP contribution in [-0.4, -0.2) is 19.8 Å². The highest BCUT2D eigenvalue weighted by Crippen LogP contribution is 2.34. The van der Waals surface area contributed by atoms with Crippen LogP contribution in [0.1, 0.15) is 11.4 Å². The standard InChI is InChI=1S/C22H13N5O5/c23-13-15(22-24-18-6-1-2-7-19(18)25-22)10-14-4-3-5-17(11-14)32-21-9-8-16(26(28)29)12-20(21)27(30)31/h1-12H,(H,24,25)/b15-10-. The van der Waals surface area contributed by atoms with Gasteiger partial charge in [0.25, 0.3) is 5.69 Å². The van der Waals surface area contributed by atoms with E-state index >= 15 is 0 Å². The van der Waals surface area contributed by atoms with Crippen LogP contribution in [0.25, 0.3) is 22.7 Å². The van der Waals surface area contributed by atoms with E-state index < -0.39 is 21.2 Å². The van der Waals surface area contributed by atoms with Crippen molar-refractivity contribution in [2.75, 3.05) is 0 Å². The fourth-order valence-corrected chi connectivity index (χ4v) is 3.04. The van der Waals surface area contributed by atoms with Gasteiger partial charge in [0.15, 0.2) is 0 Å². The Balaban J connectivity index is 1.66. The number of benzene rings is 3. The van der Waals surface area contributed by atoms with Gasteiger partial charge in [0.05, 0.1) is 32.5 Å². The topological polar surface area (TPSA) is 148 Å². The number of nitro groups is 2. The summed E-state index contributed by atoms with van der Waals surface area (Å²) in [6.45, 7) is 0. The fourth-order valence-electron chi connectivity index (χ4n) is 3.04. The third kappa shape index (κ3) is 4.12. The molecule has 1 heterocycles. The molecule has 4 rings (SSSR count). The number of allylic oxidation sites excluding steroid dienone is 1. The number of aromatic amines is 1. The number of H-pyrrole nitrogens is 1. The summed E-state index contributed by atoms with van der Waals surface area (Å²) in [4.78, 5) is 28.3. The van der Waals surface area contributed by atoms with Crippen molar-refractivity contribution in [1.29, 1.82) is 5.26 Å². The molecule has 0 aliphatic rings. The number of fused-ring (bicyclic) bond motifs is 1. The zero-order chi connectivity index (χ0) is 22.7. The quantitative estimate of drug-likeness (QED) is 0.251. The molecule has 156 valence electrons. The molecule has 0 unspecified atom stereocenters. The smallest absolute Gasteiger partial charge is 0.318 e. The first-order chi connectivity index (χ1) is 15.4. The zero-order valence-corrected chi connectivity index (χ0v) is 16.3. The van der Waals surface area contributed by atoms with Crippen molar-refractivity contribution < 1.29 is 14.6 Å². The predicted octanol–water partition coefficient (Wildman–Crippen LogP) is 5.24. The molecule has 0 amide bonds. The van der Waals surface area contributed by atoms with Crippen LogP contribution in [0, 0.1) is 31.6 Å². The second-order valence-electron chi connectivity index (χ2n) is 6.61. The van der Waals surface area contributed by atoms with Gasteiger partial charge < -0.3 is 9.72 Å². The van der Waals surface area contributed by atoms with Crippen molar-refractivity contribution in [3.8, 4) is 17.6 Å². The molecule has 0 saturated heterocycles. The van der Waals surface area contributed by atoms with Crippen LogP contribution in [0.15, 0.2) is 66.7 Å². The summed E-state index contributed by atoms with van der Waals surface area (Å²) in [5.41, 5.74) is 1.48. The average molecular weight is 427 g/mol. The van der Waals surface area contributed by atoms with Crippen molar-refractivity contribution in [1.82, 2.24) is 9.97 Å². The molecule has 4 aromatic rings. The Labute approximate surface area is 180 Å². The lowest BCUT2D eigenvalue weighted by Gasteiger charge is -2.07. The molecule has 10 nitrogen and oxygen atoms in total. The van der Waals surface area contributed by atoms with Gasteiger partial charge in [-0.3, -0.25) is 20.2 Å². The van der Waals surface area contributed by atoms with Gasteiger partial charge in [0.2, 0.25) is 5.75 Å². The third-order valence-corrected chi connectivity index (χ3v) is 4.51. The van der Waals surface area contributed by atoms with E-state index in [4.69, 9.17) is 4.74 Å². The van der Waals surface area contributed by atoms with Gasteiger partial charge in [-0.2, -0.15) is 5.26 Å². The Morgan fingerprint density at radius 3 is 2.56 bits per heavy atom. The molecule has 3 aromatic carbocycles. The number of non-ortho nitro benzene ring substituents is 1. The van der Waals surface area contributed by atoms with Crippen molar-refractivity contribution in [2.45, 2.75) is 0 Å². The minimum Gasteiger partial charge on any atom is -0.450 e. The van der Waals surface area contributed by atoms with Crippen molar-refractivity contribution in [2.24, 2.45) is 0 Å². The highest BCUT2D eigenvalue weighted by molar-refractivity contribution is 5.90. The van der Waals surface area contributed by atoms with Gasteiger partial charge in [0.1, 0.15) is 17.6 Å². The van der Waals surface area contributed by atoms with E-state index in [0.29, 0.717) is 17.0 Å². The molecule has 0 fully saturated rings. The maximum atomic E-state index is 11.3. The van der Waals surface area contributed by atoms with Gasteiger partial charge >= 0.3 is 5.69 Å². The molecule has 32 heavy (non-hydrogen) atoms. The molecular weight excluding hydrogens is 414 g/mol. The SMILES string of the molecule is N#C/C(=C/c1cccc(Oc2ccc([N+](=O)[O-])cc2[N+](=O)[O-])c1)c1nc2ccccc2[nH]1. The minimum atomic E-state index is -0.749. The molecular formula is C22H13N5O5. The van der Waals surface area contributed by atoms with Crippen LogP contribution in [0.5, 0.6) is 11.5 Å². The van der Waals surface area contributed by atoms with Crippen molar-refractivity contribution in [3.63, 3.8) is 0 Å². The average Bonchev–Trinajstić information content (AvgIpc) is 3.22. The summed E-state index contributed by atoms with van der Waals surface area (Å²) in [5.74, 6) is 0.531. The van der Waals surface area contributed by atoms with Gasteiger partial charge in [-0.1, -0.05) is 24.3 Å². The van der Waals surface area contributed by atoms with Gasteiger partial charge in [-0.05, 0) is 42.0 Å². The second kappa shape index (κ2) is 8.37. The molecule has 1 aromatic heterocycles. The number of hydrogen-bond acceptors (Lipinski definition) is 7. The summed E-state index contributed by atoms with van der Waals surface area (Å²) in [6.07, 6.45) is 1.61. The maximum Gasteiger partial charge on any atom is 0.318 e. The highest BCUT2D eigenvalue weighted by atomic mass is 16.6. The first-order valence-corrected chi connectivity index (χ1v) is 9.22. The molecule has 0 spiro atoms. The lowest BCUT2D eigenvalue weighted by molar-refractivity contribution is -0.394. The predicted molar refractivity (Wildman–Crippen MR) is 116 cm³/mol. The van der Waals surface area contributed by atoms with E-state index in [1.54, 1.807) is 30.3 Å². The molecule has 0 radical (unpaired) electrons. The third-order valence-electron chi connectivity index (χ3n) is 4.51. The van der Waals surface area contributed by atoms with Crippen LogP contribution in [-0.2, 0) is 0 Å². The molecule has 1 N–H and O–H groups in total. The van der Waals surface area contributed by atoms with E-state index in [9.17, 15) is 25.5 Å². The van der Waals surface area contributed by atoms with Crippen LogP contribution in [0.2, 0.25) is 0 Å². The van der Waals surface area contributed by atoms with E-state index in [0.717, 1.165) is 23.2 Å². The van der Waals surface area contributed by atoms with Crippen LogP contribution in [0.3, 0.4) is 0 Å². The van der Waals surface area contributed by atoms with Crippen LogP contribution >= 0.6 is 0 Å². The summed E-state index contributed by atoms with van der Waals surface area (Å²) < 4.78 is 5.62. The van der Waals surface area contributed by atoms with E-state index in [1.807, 2.05) is 24.3 Å². The normalized spacial score (nSPS) is 11.2. The first-order valence-electron chi connectivity index (χ1n) is 9.22. The van der Waals surface area contributed by atoms with Crippen LogP contribution < -0.4 is 4.74 Å². The summed E-state index contributed by atoms with van der Waals surface area (Å²) in [7, 11) is 0. The maximum absolute atomic E-state index is 11.3.